The zero-order chi connectivity index (χ0) is 36.4. The molecule has 2 saturated heterocycles. The number of nitrogens with zero attached hydrogens (tertiary/aromatic N) is 5. The molecule has 2 amide bonds. The van der Waals surface area contributed by atoms with Crippen LogP contribution in [0.3, 0.4) is 0 Å². The first-order valence-corrected chi connectivity index (χ1v) is 17.2. The Morgan fingerprint density at radius 2 is 1.67 bits per heavy atom. The van der Waals surface area contributed by atoms with Gasteiger partial charge in [-0.05, 0) is 43.2 Å². The van der Waals surface area contributed by atoms with Crippen molar-refractivity contribution < 1.29 is 52.3 Å². The second kappa shape index (κ2) is 16.1. The number of halogens is 5. The van der Waals surface area contributed by atoms with Crippen molar-refractivity contribution in [2.45, 2.75) is 68.3 Å². The number of carbonyl (C=O) groups is 2. The maximum atomic E-state index is 14.9. The molecule has 1 saturated carbocycles. The maximum Gasteiger partial charge on any atom is 0.259 e. The smallest absolute Gasteiger partial charge is 0.259 e. The summed E-state index contributed by atoms with van der Waals surface area (Å²) >= 11 is 12.7. The Bertz CT molecular complexity index is 1690. The lowest BCUT2D eigenvalue weighted by Crippen LogP contribution is -2.63. The average molecular weight is 759 g/mol. The first-order valence-electron chi connectivity index (χ1n) is 16.4. The number of carbonyl (C=O) groups excluding carboxylic acids is 2. The van der Waals surface area contributed by atoms with Gasteiger partial charge in [-0.3, -0.25) is 9.59 Å². The molecule has 0 radical (unpaired) electrons. The molecule has 51 heavy (non-hydrogen) atoms. The van der Waals surface area contributed by atoms with Gasteiger partial charge in [-0.25, -0.2) is 17.9 Å². The number of amides is 2. The number of aromatic nitrogens is 3. The van der Waals surface area contributed by atoms with E-state index in [1.807, 2.05) is 0 Å². The normalized spacial score (nSPS) is 27.0. The van der Waals surface area contributed by atoms with E-state index in [1.165, 1.54) is 34.2 Å². The molecule has 3 heterocycles. The fourth-order valence-electron chi connectivity index (χ4n) is 6.80. The lowest BCUT2D eigenvalue weighted by molar-refractivity contribution is -0.217. The van der Waals surface area contributed by atoms with E-state index in [9.17, 15) is 38.1 Å². The van der Waals surface area contributed by atoms with Gasteiger partial charge < -0.3 is 39.3 Å². The van der Waals surface area contributed by atoms with Crippen molar-refractivity contribution in [1.29, 1.82) is 0 Å². The molecular formula is C33H36Cl2F3N5O8. The molecule has 2 aromatic carbocycles. The van der Waals surface area contributed by atoms with E-state index < -0.39 is 85.1 Å². The Labute approximate surface area is 300 Å². The molecule has 3 aliphatic rings. The second-order valence-electron chi connectivity index (χ2n) is 12.6. The molecule has 1 aliphatic carbocycles. The molecule has 6 rings (SSSR count). The fourth-order valence-corrected chi connectivity index (χ4v) is 7.32. The molecule has 3 fully saturated rings. The summed E-state index contributed by atoms with van der Waals surface area (Å²) in [4.78, 5) is 31.0. The van der Waals surface area contributed by atoms with Crippen molar-refractivity contribution in [3.8, 4) is 11.3 Å². The molecule has 0 unspecified atom stereocenters. The second-order valence-corrected chi connectivity index (χ2v) is 13.5. The van der Waals surface area contributed by atoms with E-state index in [1.54, 1.807) is 0 Å². The van der Waals surface area contributed by atoms with Crippen LogP contribution >= 0.6 is 23.2 Å². The van der Waals surface area contributed by atoms with Gasteiger partial charge in [0.2, 0.25) is 5.91 Å². The number of anilines is 1. The number of hydrogen-bond donors (Lipinski definition) is 3. The van der Waals surface area contributed by atoms with Crippen LogP contribution in [0.15, 0.2) is 36.5 Å². The standard InChI is InChI=1S/C33H36Cl2F3N5O8/c34-18-11-19(35)13-20(12-18)43(24-3-1-2-4-25(24)45)33(48)32-31(50-16-27(46)41-5-7-49-8-6-41)29(30(47)26(15-44)51-32)42-14-23(39-40-42)17-9-21(36)28(38)22(37)10-17/h9-14,24-26,29-32,44-45,47H,1-8,15-16H2/t24-,25-,26+,29-,30-,31+,32+/m0/s1. The number of ether oxygens (including phenoxy) is 3. The first-order chi connectivity index (χ1) is 24.5. The quantitative estimate of drug-likeness (QED) is 0.277. The molecule has 18 heteroatoms. The highest BCUT2D eigenvalue weighted by atomic mass is 35.5. The first kappa shape index (κ1) is 37.4. The van der Waals surface area contributed by atoms with E-state index in [-0.39, 0.29) is 27.0 Å². The van der Waals surface area contributed by atoms with Crippen LogP contribution in [0.4, 0.5) is 18.9 Å². The predicted octanol–water partition coefficient (Wildman–Crippen LogP) is 2.91. The highest BCUT2D eigenvalue weighted by molar-refractivity contribution is 6.35. The highest BCUT2D eigenvalue weighted by Crippen LogP contribution is 2.38. The number of aliphatic hydroxyl groups excluding tert-OH is 3. The zero-order valence-corrected chi connectivity index (χ0v) is 28.6. The predicted molar refractivity (Wildman–Crippen MR) is 175 cm³/mol. The summed E-state index contributed by atoms with van der Waals surface area (Å²) in [5.74, 6) is -5.82. The summed E-state index contributed by atoms with van der Waals surface area (Å²) in [6.07, 6.45) is -3.73. The van der Waals surface area contributed by atoms with E-state index in [4.69, 9.17) is 37.4 Å². The Kier molecular flexibility index (Phi) is 11.8. The van der Waals surface area contributed by atoms with Gasteiger partial charge in [-0.1, -0.05) is 41.3 Å². The van der Waals surface area contributed by atoms with Crippen molar-refractivity contribution in [2.75, 3.05) is 44.4 Å². The number of aliphatic hydroxyl groups is 3. The van der Waals surface area contributed by atoms with Gasteiger partial charge in [0, 0.05) is 34.4 Å². The van der Waals surface area contributed by atoms with E-state index in [0.29, 0.717) is 57.7 Å². The van der Waals surface area contributed by atoms with Gasteiger partial charge in [0.25, 0.3) is 5.91 Å². The maximum absolute atomic E-state index is 14.9. The van der Waals surface area contributed by atoms with Gasteiger partial charge in [-0.15, -0.1) is 5.10 Å². The van der Waals surface area contributed by atoms with Crippen LogP contribution in [0.2, 0.25) is 10.0 Å². The Balaban J connectivity index is 1.42. The molecule has 3 N–H and O–H groups in total. The molecule has 0 spiro atoms. The van der Waals surface area contributed by atoms with Crippen LogP contribution in [-0.4, -0.2) is 123 Å². The summed E-state index contributed by atoms with van der Waals surface area (Å²) < 4.78 is 60.6. The topological polar surface area (TPSA) is 160 Å². The number of hydrogen-bond acceptors (Lipinski definition) is 10. The van der Waals surface area contributed by atoms with Crippen molar-refractivity contribution in [1.82, 2.24) is 19.9 Å². The minimum absolute atomic E-state index is 0.126. The average Bonchev–Trinajstić information content (AvgIpc) is 3.60. The highest BCUT2D eigenvalue weighted by Gasteiger charge is 2.52. The summed E-state index contributed by atoms with van der Waals surface area (Å²) in [7, 11) is 0. The summed E-state index contributed by atoms with van der Waals surface area (Å²) in [5, 5.41) is 41.4. The van der Waals surface area contributed by atoms with Crippen LogP contribution in [-0.2, 0) is 23.8 Å². The monoisotopic (exact) mass is 757 g/mol. The van der Waals surface area contributed by atoms with Crippen molar-refractivity contribution >= 4 is 40.7 Å². The van der Waals surface area contributed by atoms with Gasteiger partial charge in [0.05, 0.1) is 38.2 Å². The van der Waals surface area contributed by atoms with Gasteiger partial charge >= 0.3 is 0 Å². The third kappa shape index (κ3) is 8.03. The largest absolute Gasteiger partial charge is 0.394 e. The molecule has 0 bridgehead atoms. The van der Waals surface area contributed by atoms with Crippen LogP contribution in [0.5, 0.6) is 0 Å². The minimum atomic E-state index is -1.68. The molecule has 13 nitrogen and oxygen atoms in total. The Morgan fingerprint density at radius 1 is 1.00 bits per heavy atom. The lowest BCUT2D eigenvalue weighted by atomic mass is 9.88. The Hall–Kier alpha value is -3.35. The molecule has 3 aromatic rings. The van der Waals surface area contributed by atoms with Crippen LogP contribution in [0.25, 0.3) is 11.3 Å². The third-order valence-electron chi connectivity index (χ3n) is 9.36. The van der Waals surface area contributed by atoms with E-state index in [0.717, 1.165) is 11.1 Å². The summed E-state index contributed by atoms with van der Waals surface area (Å²) in [6, 6.07) is 3.74. The summed E-state index contributed by atoms with van der Waals surface area (Å²) in [6.45, 7) is -0.130. The number of rotatable bonds is 9. The lowest BCUT2D eigenvalue weighted by Gasteiger charge is -2.46. The summed E-state index contributed by atoms with van der Waals surface area (Å²) in [5.41, 5.74) is -0.0683. The molecule has 276 valence electrons. The molecule has 7 atom stereocenters. The SMILES string of the molecule is O=C(CO[C@@H]1[C@@H](n2cc(-c3cc(F)c(F)c(F)c3)nn2)[C@@H](O)[C@@H](CO)O[C@H]1C(=O)N(c1cc(Cl)cc(Cl)c1)[C@H]1CCCC[C@@H]1O)N1CCOCC1. The number of morpholine rings is 1. The van der Waals surface area contributed by atoms with Gasteiger partial charge in [-0.2, -0.15) is 0 Å². The van der Waals surface area contributed by atoms with E-state index >= 15 is 0 Å². The van der Waals surface area contributed by atoms with Crippen LogP contribution in [0, 0.1) is 17.5 Å². The van der Waals surface area contributed by atoms with Gasteiger partial charge in [0.15, 0.2) is 23.6 Å². The van der Waals surface area contributed by atoms with E-state index in [2.05, 4.69) is 10.3 Å². The van der Waals surface area contributed by atoms with Crippen LogP contribution in [0.1, 0.15) is 31.7 Å². The molecule has 2 aliphatic heterocycles. The van der Waals surface area contributed by atoms with Crippen molar-refractivity contribution in [3.05, 3.63) is 64.0 Å². The third-order valence-corrected chi connectivity index (χ3v) is 9.79. The van der Waals surface area contributed by atoms with Gasteiger partial charge in [0.1, 0.15) is 36.7 Å². The Morgan fingerprint density at radius 3 is 2.31 bits per heavy atom. The molecule has 1 aromatic heterocycles. The molecular weight excluding hydrogens is 722 g/mol. The fraction of sp³-hybridized carbons (Fsp3) is 0.515. The minimum Gasteiger partial charge on any atom is -0.394 e. The number of benzene rings is 2. The van der Waals surface area contributed by atoms with Crippen LogP contribution < -0.4 is 4.90 Å². The van der Waals surface area contributed by atoms with Crippen molar-refractivity contribution in [2.24, 2.45) is 0 Å². The zero-order valence-electron chi connectivity index (χ0n) is 27.1. The van der Waals surface area contributed by atoms with Crippen molar-refractivity contribution in [3.63, 3.8) is 0 Å².